The Labute approximate surface area is 106 Å². The van der Waals surface area contributed by atoms with Crippen LogP contribution >= 0.6 is 0 Å². The Morgan fingerprint density at radius 3 is 2.50 bits per heavy atom. The first-order valence-corrected chi connectivity index (χ1v) is 6.15. The molecule has 1 fully saturated rings. The van der Waals surface area contributed by atoms with Gasteiger partial charge in [0.25, 0.3) is 5.91 Å². The highest BCUT2D eigenvalue weighted by Crippen LogP contribution is 2.20. The van der Waals surface area contributed by atoms with Crippen LogP contribution < -0.4 is 0 Å². The van der Waals surface area contributed by atoms with Crippen molar-refractivity contribution in [1.29, 1.82) is 0 Å². The summed E-state index contributed by atoms with van der Waals surface area (Å²) >= 11 is 0. The van der Waals surface area contributed by atoms with Gasteiger partial charge in [-0.05, 0) is 19.8 Å². The lowest BCUT2D eigenvalue weighted by Gasteiger charge is -2.30. The standard InChI is InChI=1S/C13H17N3O2/c1-9-7-15-12(8-14-9)13(18)16(2)10-3-5-11(17)6-4-10/h7-8,10H,3-6H2,1-2H3. The second kappa shape index (κ2) is 5.25. The highest BCUT2D eigenvalue weighted by molar-refractivity contribution is 5.92. The molecular formula is C13H17N3O2. The minimum Gasteiger partial charge on any atom is -0.337 e. The van der Waals surface area contributed by atoms with Gasteiger partial charge in [0.2, 0.25) is 0 Å². The van der Waals surface area contributed by atoms with Crippen LogP contribution in [-0.4, -0.2) is 39.6 Å². The lowest BCUT2D eigenvalue weighted by molar-refractivity contribution is -0.121. The highest BCUT2D eigenvalue weighted by atomic mass is 16.2. The van der Waals surface area contributed by atoms with Crippen LogP contribution in [0.15, 0.2) is 12.4 Å². The lowest BCUT2D eigenvalue weighted by Crippen LogP contribution is -2.40. The molecule has 0 aromatic carbocycles. The van der Waals surface area contributed by atoms with Crippen LogP contribution in [0, 0.1) is 6.92 Å². The van der Waals surface area contributed by atoms with Crippen molar-refractivity contribution in [2.45, 2.75) is 38.6 Å². The molecule has 5 nitrogen and oxygen atoms in total. The smallest absolute Gasteiger partial charge is 0.274 e. The van der Waals surface area contributed by atoms with Gasteiger partial charge >= 0.3 is 0 Å². The normalized spacial score (nSPS) is 16.7. The third-order valence-corrected chi connectivity index (χ3v) is 3.38. The first-order chi connectivity index (χ1) is 8.58. The average Bonchev–Trinajstić information content (AvgIpc) is 2.39. The molecule has 0 bridgehead atoms. The summed E-state index contributed by atoms with van der Waals surface area (Å²) < 4.78 is 0. The highest BCUT2D eigenvalue weighted by Gasteiger charge is 2.26. The third-order valence-electron chi connectivity index (χ3n) is 3.38. The van der Waals surface area contributed by atoms with Crippen molar-refractivity contribution in [2.24, 2.45) is 0 Å². The minimum absolute atomic E-state index is 0.123. The number of hydrogen-bond donors (Lipinski definition) is 0. The quantitative estimate of drug-likeness (QED) is 0.791. The maximum Gasteiger partial charge on any atom is 0.274 e. The number of nitrogens with zero attached hydrogens (tertiary/aromatic N) is 3. The summed E-state index contributed by atoms with van der Waals surface area (Å²) in [6.45, 7) is 1.83. The number of rotatable bonds is 2. The Bertz CT molecular complexity index is 446. The number of ketones is 1. The molecule has 1 aliphatic rings. The molecule has 0 spiro atoms. The van der Waals surface area contributed by atoms with Gasteiger partial charge in [0.1, 0.15) is 11.5 Å². The van der Waals surface area contributed by atoms with Crippen molar-refractivity contribution < 1.29 is 9.59 Å². The molecule has 1 amide bonds. The first kappa shape index (κ1) is 12.7. The van der Waals surface area contributed by atoms with Gasteiger partial charge in [0.05, 0.1) is 11.9 Å². The van der Waals surface area contributed by atoms with Crippen molar-refractivity contribution in [1.82, 2.24) is 14.9 Å². The molecule has 0 aliphatic heterocycles. The van der Waals surface area contributed by atoms with Crippen LogP contribution in [0.4, 0.5) is 0 Å². The van der Waals surface area contributed by atoms with Gasteiger partial charge in [-0.25, -0.2) is 4.98 Å². The van der Waals surface area contributed by atoms with Crippen LogP contribution in [-0.2, 0) is 4.79 Å². The molecule has 0 N–H and O–H groups in total. The summed E-state index contributed by atoms with van der Waals surface area (Å²) in [4.78, 5) is 33.2. The Hall–Kier alpha value is -1.78. The summed E-state index contributed by atoms with van der Waals surface area (Å²) in [5.74, 6) is 0.170. The van der Waals surface area contributed by atoms with Crippen LogP contribution in [0.2, 0.25) is 0 Å². The molecule has 1 aromatic rings. The van der Waals surface area contributed by atoms with E-state index in [4.69, 9.17) is 0 Å². The molecule has 96 valence electrons. The summed E-state index contributed by atoms with van der Waals surface area (Å²) in [6, 6.07) is 0.137. The van der Waals surface area contributed by atoms with E-state index in [0.29, 0.717) is 24.3 Å². The largest absolute Gasteiger partial charge is 0.337 e. The molecule has 1 aliphatic carbocycles. The third kappa shape index (κ3) is 2.72. The number of aryl methyl sites for hydroxylation is 1. The predicted octanol–water partition coefficient (Wildman–Crippen LogP) is 1.37. The molecule has 1 heterocycles. The average molecular weight is 247 g/mol. The molecular weight excluding hydrogens is 230 g/mol. The van der Waals surface area contributed by atoms with E-state index in [2.05, 4.69) is 9.97 Å². The fourth-order valence-corrected chi connectivity index (χ4v) is 2.16. The van der Waals surface area contributed by atoms with Crippen molar-refractivity contribution in [3.8, 4) is 0 Å². The van der Waals surface area contributed by atoms with E-state index in [9.17, 15) is 9.59 Å². The maximum atomic E-state index is 12.2. The van der Waals surface area contributed by atoms with Crippen molar-refractivity contribution in [2.75, 3.05) is 7.05 Å². The molecule has 1 aromatic heterocycles. The SMILES string of the molecule is Cc1cnc(C(=O)N(C)C2CCC(=O)CC2)cn1. The number of carbonyl (C=O) groups excluding carboxylic acids is 2. The van der Waals surface area contributed by atoms with E-state index in [1.165, 1.54) is 6.20 Å². The molecule has 18 heavy (non-hydrogen) atoms. The minimum atomic E-state index is -0.123. The zero-order valence-electron chi connectivity index (χ0n) is 10.7. The second-order valence-electron chi connectivity index (χ2n) is 4.73. The Balaban J connectivity index is 2.04. The Kier molecular flexibility index (Phi) is 3.69. The van der Waals surface area contributed by atoms with Crippen LogP contribution in [0.25, 0.3) is 0 Å². The summed E-state index contributed by atoms with van der Waals surface area (Å²) in [5.41, 5.74) is 1.15. The molecule has 0 radical (unpaired) electrons. The van der Waals surface area contributed by atoms with E-state index >= 15 is 0 Å². The number of aromatic nitrogens is 2. The number of Topliss-reactive ketones (excluding diaryl/α,β-unsaturated/α-hetero) is 1. The van der Waals surface area contributed by atoms with Crippen LogP contribution in [0.5, 0.6) is 0 Å². The number of amides is 1. The first-order valence-electron chi connectivity index (χ1n) is 6.15. The fourth-order valence-electron chi connectivity index (χ4n) is 2.16. The lowest BCUT2D eigenvalue weighted by atomic mass is 9.93. The zero-order chi connectivity index (χ0) is 13.1. The Morgan fingerprint density at radius 1 is 1.28 bits per heavy atom. The van der Waals surface area contributed by atoms with Gasteiger partial charge in [0, 0.05) is 32.1 Å². The van der Waals surface area contributed by atoms with Gasteiger partial charge in [-0.15, -0.1) is 0 Å². The molecule has 5 heteroatoms. The van der Waals surface area contributed by atoms with E-state index in [-0.39, 0.29) is 11.9 Å². The Morgan fingerprint density at radius 2 is 1.94 bits per heavy atom. The second-order valence-corrected chi connectivity index (χ2v) is 4.73. The van der Waals surface area contributed by atoms with Crippen molar-refractivity contribution >= 4 is 11.7 Å². The van der Waals surface area contributed by atoms with Gasteiger partial charge in [-0.1, -0.05) is 0 Å². The van der Waals surface area contributed by atoms with Gasteiger partial charge in [-0.3, -0.25) is 14.6 Å². The maximum absolute atomic E-state index is 12.2. The van der Waals surface area contributed by atoms with Gasteiger partial charge < -0.3 is 4.90 Å². The number of hydrogen-bond acceptors (Lipinski definition) is 4. The van der Waals surface area contributed by atoms with Crippen LogP contribution in [0.1, 0.15) is 41.9 Å². The molecule has 0 atom stereocenters. The van der Waals surface area contributed by atoms with E-state index in [0.717, 1.165) is 18.5 Å². The van der Waals surface area contributed by atoms with E-state index in [1.54, 1.807) is 18.1 Å². The zero-order valence-corrected chi connectivity index (χ0v) is 10.7. The fraction of sp³-hybridized carbons (Fsp3) is 0.538. The predicted molar refractivity (Wildman–Crippen MR) is 66.1 cm³/mol. The molecule has 1 saturated carbocycles. The summed E-state index contributed by atoms with van der Waals surface area (Å²) in [7, 11) is 1.77. The monoisotopic (exact) mass is 247 g/mol. The molecule has 0 unspecified atom stereocenters. The van der Waals surface area contributed by atoms with Crippen molar-refractivity contribution in [3.63, 3.8) is 0 Å². The van der Waals surface area contributed by atoms with Crippen molar-refractivity contribution in [3.05, 3.63) is 23.8 Å². The molecule has 0 saturated heterocycles. The van der Waals surface area contributed by atoms with Gasteiger partial charge in [-0.2, -0.15) is 0 Å². The van der Waals surface area contributed by atoms with E-state index < -0.39 is 0 Å². The summed E-state index contributed by atoms with van der Waals surface area (Å²) in [5, 5.41) is 0. The number of carbonyl (C=O) groups is 2. The van der Waals surface area contributed by atoms with Gasteiger partial charge in [0.15, 0.2) is 0 Å². The van der Waals surface area contributed by atoms with E-state index in [1.807, 2.05) is 6.92 Å². The van der Waals surface area contributed by atoms with Crippen LogP contribution in [0.3, 0.4) is 0 Å². The summed E-state index contributed by atoms with van der Waals surface area (Å²) in [6.07, 6.45) is 5.73. The molecule has 2 rings (SSSR count). The topological polar surface area (TPSA) is 63.2 Å².